The Morgan fingerprint density at radius 1 is 1.22 bits per heavy atom. The van der Waals surface area contributed by atoms with Crippen LogP contribution in [0.1, 0.15) is 21.6 Å². The number of aryl methyl sites for hydroxylation is 2. The fourth-order valence-corrected chi connectivity index (χ4v) is 4.18. The number of carbonyl (C=O) groups is 1. The van der Waals surface area contributed by atoms with Gasteiger partial charge in [0.2, 0.25) is 0 Å². The lowest BCUT2D eigenvalue weighted by Gasteiger charge is -2.17. The summed E-state index contributed by atoms with van der Waals surface area (Å²) in [4.78, 5) is 13.9. The van der Waals surface area contributed by atoms with E-state index in [0.717, 1.165) is 28.9 Å². The van der Waals surface area contributed by atoms with Gasteiger partial charge in [-0.15, -0.1) is 11.8 Å². The second kappa shape index (κ2) is 5.78. The van der Waals surface area contributed by atoms with Gasteiger partial charge < -0.3 is 9.88 Å². The van der Waals surface area contributed by atoms with Crippen LogP contribution in [0.5, 0.6) is 0 Å². The molecule has 4 rings (SSSR count). The number of para-hydroxylation sites is 1. The third-order valence-electron chi connectivity index (χ3n) is 4.39. The van der Waals surface area contributed by atoms with Gasteiger partial charge in [0.05, 0.1) is 5.52 Å². The topological polar surface area (TPSA) is 34.0 Å². The van der Waals surface area contributed by atoms with Gasteiger partial charge in [0, 0.05) is 29.1 Å². The molecule has 4 heteroatoms. The highest BCUT2D eigenvalue weighted by molar-refractivity contribution is 7.99. The second-order valence-corrected chi connectivity index (χ2v) is 6.97. The molecule has 23 heavy (non-hydrogen) atoms. The number of carbonyl (C=O) groups excluding carboxylic acids is 1. The molecule has 0 radical (unpaired) electrons. The van der Waals surface area contributed by atoms with Crippen molar-refractivity contribution in [2.45, 2.75) is 24.9 Å². The molecule has 1 aliphatic heterocycles. The lowest BCUT2D eigenvalue weighted by Crippen LogP contribution is -2.26. The summed E-state index contributed by atoms with van der Waals surface area (Å²) in [6.45, 7) is 3.52. The monoisotopic (exact) mass is 322 g/mol. The average Bonchev–Trinajstić information content (AvgIpc) is 2.95. The van der Waals surface area contributed by atoms with Gasteiger partial charge in [-0.05, 0) is 30.2 Å². The van der Waals surface area contributed by atoms with Crippen molar-refractivity contribution in [1.29, 1.82) is 0 Å². The van der Waals surface area contributed by atoms with Crippen LogP contribution in [0.4, 0.5) is 0 Å². The van der Waals surface area contributed by atoms with E-state index in [1.54, 1.807) is 0 Å². The average molecular weight is 322 g/mol. The Balaban J connectivity index is 1.63. The van der Waals surface area contributed by atoms with Crippen molar-refractivity contribution in [3.63, 3.8) is 0 Å². The molecule has 0 saturated heterocycles. The molecular formula is C19H18N2OS. The fraction of sp³-hybridized carbons (Fsp3) is 0.211. The Morgan fingerprint density at radius 2 is 2.09 bits per heavy atom. The summed E-state index contributed by atoms with van der Waals surface area (Å²) >= 11 is 1.87. The van der Waals surface area contributed by atoms with E-state index < -0.39 is 0 Å². The van der Waals surface area contributed by atoms with Crippen LogP contribution < -0.4 is 5.32 Å². The summed E-state index contributed by atoms with van der Waals surface area (Å²) in [7, 11) is 0. The van der Waals surface area contributed by atoms with Crippen molar-refractivity contribution >= 4 is 28.6 Å². The summed E-state index contributed by atoms with van der Waals surface area (Å²) in [6, 6.07) is 16.4. The van der Waals surface area contributed by atoms with Gasteiger partial charge in [0.25, 0.3) is 5.91 Å². The van der Waals surface area contributed by atoms with Crippen LogP contribution in [0.2, 0.25) is 0 Å². The number of rotatable bonds is 3. The zero-order valence-electron chi connectivity index (χ0n) is 13.0. The third kappa shape index (κ3) is 2.53. The van der Waals surface area contributed by atoms with Crippen LogP contribution in [0.25, 0.3) is 10.9 Å². The lowest BCUT2D eigenvalue weighted by atomic mass is 10.1. The number of nitrogens with zero attached hydrogens (tertiary/aromatic N) is 1. The van der Waals surface area contributed by atoms with Crippen LogP contribution in [0.15, 0.2) is 53.4 Å². The largest absolute Gasteiger partial charge is 0.347 e. The summed E-state index contributed by atoms with van der Waals surface area (Å²) in [5.41, 5.74) is 4.33. The van der Waals surface area contributed by atoms with Crippen LogP contribution in [0, 0.1) is 6.92 Å². The highest BCUT2D eigenvalue weighted by Crippen LogP contribution is 2.34. The predicted molar refractivity (Wildman–Crippen MR) is 95.0 cm³/mol. The van der Waals surface area contributed by atoms with E-state index in [1.807, 2.05) is 30.0 Å². The number of aromatic nitrogens is 1. The summed E-state index contributed by atoms with van der Waals surface area (Å²) in [6.07, 6.45) is 0. The summed E-state index contributed by atoms with van der Waals surface area (Å²) in [5.74, 6) is 1.01. The minimum atomic E-state index is 0.00213. The van der Waals surface area contributed by atoms with E-state index in [0.29, 0.717) is 6.54 Å². The van der Waals surface area contributed by atoms with E-state index >= 15 is 0 Å². The molecule has 2 aromatic carbocycles. The molecule has 0 fully saturated rings. The fourth-order valence-electron chi connectivity index (χ4n) is 3.15. The molecule has 2 heterocycles. The van der Waals surface area contributed by atoms with E-state index in [1.165, 1.54) is 16.0 Å². The highest BCUT2D eigenvalue weighted by atomic mass is 32.2. The van der Waals surface area contributed by atoms with Gasteiger partial charge in [0.1, 0.15) is 5.69 Å². The summed E-state index contributed by atoms with van der Waals surface area (Å²) in [5, 5.41) is 4.22. The first-order valence-electron chi connectivity index (χ1n) is 7.82. The van der Waals surface area contributed by atoms with Crippen molar-refractivity contribution in [3.8, 4) is 0 Å². The Labute approximate surface area is 139 Å². The van der Waals surface area contributed by atoms with Crippen LogP contribution >= 0.6 is 11.8 Å². The molecule has 0 atom stereocenters. The number of thioether (sulfide) groups is 1. The molecule has 0 aliphatic carbocycles. The third-order valence-corrected chi connectivity index (χ3v) is 5.42. The van der Waals surface area contributed by atoms with E-state index in [-0.39, 0.29) is 5.91 Å². The minimum Gasteiger partial charge on any atom is -0.347 e. The maximum atomic E-state index is 12.7. The zero-order valence-corrected chi connectivity index (χ0v) is 13.8. The Morgan fingerprint density at radius 3 is 2.96 bits per heavy atom. The van der Waals surface area contributed by atoms with Gasteiger partial charge in [-0.1, -0.05) is 36.4 Å². The number of hydrogen-bond donors (Lipinski definition) is 1. The maximum absolute atomic E-state index is 12.7. The van der Waals surface area contributed by atoms with Crippen molar-refractivity contribution in [2.24, 2.45) is 0 Å². The van der Waals surface area contributed by atoms with Gasteiger partial charge in [-0.25, -0.2) is 0 Å². The van der Waals surface area contributed by atoms with E-state index in [9.17, 15) is 4.79 Å². The number of hydrogen-bond acceptors (Lipinski definition) is 2. The Hall–Kier alpha value is -2.20. The molecule has 0 saturated carbocycles. The van der Waals surface area contributed by atoms with Gasteiger partial charge in [-0.2, -0.15) is 0 Å². The molecule has 116 valence electrons. The van der Waals surface area contributed by atoms with Crippen LogP contribution in [0.3, 0.4) is 0 Å². The molecule has 1 amide bonds. The molecular weight excluding hydrogens is 304 g/mol. The molecule has 0 unspecified atom stereocenters. The first-order chi connectivity index (χ1) is 11.2. The van der Waals surface area contributed by atoms with Crippen LogP contribution in [-0.2, 0) is 13.1 Å². The molecule has 3 nitrogen and oxygen atoms in total. The molecule has 0 bridgehead atoms. The Bertz CT molecular complexity index is 898. The standard InChI is InChI=1S/C19H18N2OS/c1-13-5-2-3-6-15(13)12-20-19(22)16-11-14-7-4-8-17-18(14)21(16)9-10-23-17/h2-8,11H,9-10,12H2,1H3,(H,20,22). The van der Waals surface area contributed by atoms with Crippen molar-refractivity contribution in [3.05, 3.63) is 65.4 Å². The van der Waals surface area contributed by atoms with Gasteiger partial charge in [0.15, 0.2) is 0 Å². The lowest BCUT2D eigenvalue weighted by molar-refractivity contribution is 0.0942. The zero-order chi connectivity index (χ0) is 15.8. The smallest absolute Gasteiger partial charge is 0.268 e. The predicted octanol–water partition coefficient (Wildman–Crippen LogP) is 3.99. The highest BCUT2D eigenvalue weighted by Gasteiger charge is 2.20. The molecule has 0 spiro atoms. The van der Waals surface area contributed by atoms with Crippen molar-refractivity contribution < 1.29 is 4.79 Å². The molecule has 1 aliphatic rings. The number of nitrogens with one attached hydrogen (secondary N) is 1. The second-order valence-electron chi connectivity index (χ2n) is 5.83. The number of benzene rings is 2. The minimum absolute atomic E-state index is 0.00213. The Kier molecular flexibility index (Phi) is 3.62. The quantitative estimate of drug-likeness (QED) is 0.791. The summed E-state index contributed by atoms with van der Waals surface area (Å²) < 4.78 is 2.16. The molecule has 1 aromatic heterocycles. The first kappa shape index (κ1) is 14.4. The first-order valence-corrected chi connectivity index (χ1v) is 8.80. The molecule has 3 aromatic rings. The van der Waals surface area contributed by atoms with E-state index in [4.69, 9.17) is 0 Å². The van der Waals surface area contributed by atoms with Crippen molar-refractivity contribution in [2.75, 3.05) is 5.75 Å². The van der Waals surface area contributed by atoms with E-state index in [2.05, 4.69) is 47.1 Å². The van der Waals surface area contributed by atoms with Gasteiger partial charge in [-0.3, -0.25) is 4.79 Å². The maximum Gasteiger partial charge on any atom is 0.268 e. The van der Waals surface area contributed by atoms with Crippen LogP contribution in [-0.4, -0.2) is 16.2 Å². The van der Waals surface area contributed by atoms with Crippen molar-refractivity contribution in [1.82, 2.24) is 9.88 Å². The normalized spacial score (nSPS) is 13.3. The SMILES string of the molecule is Cc1ccccc1CNC(=O)c1cc2cccc3c2n1CCS3. The molecule has 1 N–H and O–H groups in total. The number of amides is 1. The van der Waals surface area contributed by atoms with Gasteiger partial charge >= 0.3 is 0 Å².